The van der Waals surface area contributed by atoms with Crippen molar-refractivity contribution in [1.29, 1.82) is 0 Å². The molecule has 2 aromatic carbocycles. The van der Waals surface area contributed by atoms with Crippen LogP contribution in [-0.4, -0.2) is 12.5 Å². The van der Waals surface area contributed by atoms with Gasteiger partial charge in [0.1, 0.15) is 5.75 Å². The number of anilines is 1. The minimum absolute atomic E-state index is 0.187. The summed E-state index contributed by atoms with van der Waals surface area (Å²) in [6.45, 7) is 4.39. The molecule has 0 saturated carbocycles. The zero-order valence-corrected chi connectivity index (χ0v) is 12.2. The number of hydrogen-bond donors (Lipinski definition) is 1. The first-order valence-electron chi connectivity index (χ1n) is 6.40. The van der Waals surface area contributed by atoms with Crippen LogP contribution in [0.2, 0.25) is 5.02 Å². The van der Waals surface area contributed by atoms with E-state index < -0.39 is 0 Å². The zero-order chi connectivity index (χ0) is 14.5. The topological polar surface area (TPSA) is 38.3 Å². The molecule has 2 rings (SSSR count). The first-order chi connectivity index (χ1) is 9.60. The number of carbonyl (C=O) groups is 1. The highest BCUT2D eigenvalue weighted by Gasteiger charge is 2.10. The lowest BCUT2D eigenvalue weighted by Gasteiger charge is -2.12. The molecule has 0 bridgehead atoms. The van der Waals surface area contributed by atoms with E-state index in [9.17, 15) is 4.79 Å². The molecule has 0 fully saturated rings. The summed E-state index contributed by atoms with van der Waals surface area (Å²) in [5.74, 6) is 0.422. The van der Waals surface area contributed by atoms with Crippen molar-refractivity contribution in [3.63, 3.8) is 0 Å². The number of amides is 1. The van der Waals surface area contributed by atoms with Crippen LogP contribution in [0.25, 0.3) is 0 Å². The lowest BCUT2D eigenvalue weighted by Crippen LogP contribution is -2.13. The number of benzene rings is 2. The molecule has 0 heterocycles. The maximum absolute atomic E-state index is 12.2. The van der Waals surface area contributed by atoms with Crippen LogP contribution in [0.4, 0.5) is 5.69 Å². The minimum atomic E-state index is -0.187. The third kappa shape index (κ3) is 3.52. The molecule has 0 radical (unpaired) electrons. The first kappa shape index (κ1) is 14.4. The molecule has 0 aliphatic carbocycles. The van der Waals surface area contributed by atoms with Gasteiger partial charge in [0.05, 0.1) is 12.3 Å². The van der Waals surface area contributed by atoms with Crippen LogP contribution in [0.3, 0.4) is 0 Å². The van der Waals surface area contributed by atoms with Crippen molar-refractivity contribution in [3.05, 3.63) is 58.6 Å². The fourth-order valence-corrected chi connectivity index (χ4v) is 1.95. The van der Waals surface area contributed by atoms with Crippen molar-refractivity contribution in [2.45, 2.75) is 13.8 Å². The second kappa shape index (κ2) is 6.44. The van der Waals surface area contributed by atoms with E-state index in [-0.39, 0.29) is 5.91 Å². The number of rotatable bonds is 4. The summed E-state index contributed by atoms with van der Waals surface area (Å²) in [6, 6.07) is 12.5. The normalized spacial score (nSPS) is 10.2. The number of carbonyl (C=O) groups excluding carboxylic acids is 1. The predicted octanol–water partition coefficient (Wildman–Crippen LogP) is 4.30. The van der Waals surface area contributed by atoms with Gasteiger partial charge in [0.15, 0.2) is 0 Å². The largest absolute Gasteiger partial charge is 0.492 e. The van der Waals surface area contributed by atoms with Crippen molar-refractivity contribution in [1.82, 2.24) is 0 Å². The van der Waals surface area contributed by atoms with Gasteiger partial charge in [0, 0.05) is 10.6 Å². The van der Waals surface area contributed by atoms with E-state index in [0.717, 1.165) is 5.56 Å². The second-order valence-electron chi connectivity index (χ2n) is 4.39. The second-order valence-corrected chi connectivity index (χ2v) is 4.83. The first-order valence-corrected chi connectivity index (χ1v) is 6.78. The van der Waals surface area contributed by atoms with Gasteiger partial charge >= 0.3 is 0 Å². The highest BCUT2D eigenvalue weighted by molar-refractivity contribution is 6.31. The van der Waals surface area contributed by atoms with Crippen LogP contribution in [0.1, 0.15) is 22.8 Å². The van der Waals surface area contributed by atoms with Crippen LogP contribution >= 0.6 is 11.6 Å². The molecular weight excluding hydrogens is 274 g/mol. The third-order valence-electron chi connectivity index (χ3n) is 2.80. The monoisotopic (exact) mass is 289 g/mol. The van der Waals surface area contributed by atoms with E-state index in [1.165, 1.54) is 0 Å². The Labute approximate surface area is 123 Å². The standard InChI is InChI=1S/C16H16ClNO2/c1-3-20-15-9-8-13(17)10-14(15)18-16(19)12-6-4-11(2)5-7-12/h4-10H,3H2,1-2H3,(H,18,19). The van der Waals surface area contributed by atoms with Crippen molar-refractivity contribution >= 4 is 23.2 Å². The number of halogens is 1. The molecule has 0 atom stereocenters. The molecule has 1 N–H and O–H groups in total. The maximum atomic E-state index is 12.2. The zero-order valence-electron chi connectivity index (χ0n) is 11.4. The molecule has 0 unspecified atom stereocenters. The summed E-state index contributed by atoms with van der Waals surface area (Å²) < 4.78 is 5.47. The number of hydrogen-bond acceptors (Lipinski definition) is 2. The van der Waals surface area contributed by atoms with E-state index in [2.05, 4.69) is 5.32 Å². The quantitative estimate of drug-likeness (QED) is 0.911. The molecule has 3 nitrogen and oxygen atoms in total. The molecule has 0 aromatic heterocycles. The molecule has 1 amide bonds. The van der Waals surface area contributed by atoms with Crippen LogP contribution in [-0.2, 0) is 0 Å². The molecule has 0 saturated heterocycles. The Morgan fingerprint density at radius 3 is 2.55 bits per heavy atom. The van der Waals surface area contributed by atoms with E-state index >= 15 is 0 Å². The summed E-state index contributed by atoms with van der Waals surface area (Å²) in [6.07, 6.45) is 0. The summed E-state index contributed by atoms with van der Waals surface area (Å²) in [4.78, 5) is 12.2. The molecule has 2 aromatic rings. The van der Waals surface area contributed by atoms with E-state index in [0.29, 0.717) is 28.6 Å². The third-order valence-corrected chi connectivity index (χ3v) is 3.04. The van der Waals surface area contributed by atoms with Crippen LogP contribution < -0.4 is 10.1 Å². The Balaban J connectivity index is 2.22. The molecule has 20 heavy (non-hydrogen) atoms. The SMILES string of the molecule is CCOc1ccc(Cl)cc1NC(=O)c1ccc(C)cc1. The molecule has 4 heteroatoms. The molecule has 0 spiro atoms. The minimum Gasteiger partial charge on any atom is -0.492 e. The van der Waals surface area contributed by atoms with Gasteiger partial charge in [-0.25, -0.2) is 0 Å². The van der Waals surface area contributed by atoms with Crippen molar-refractivity contribution < 1.29 is 9.53 Å². The van der Waals surface area contributed by atoms with Gasteiger partial charge in [0.25, 0.3) is 5.91 Å². The molecular formula is C16H16ClNO2. The summed E-state index contributed by atoms with van der Waals surface area (Å²) in [5.41, 5.74) is 2.28. The fourth-order valence-electron chi connectivity index (χ4n) is 1.78. The lowest BCUT2D eigenvalue weighted by atomic mass is 10.1. The number of aryl methyl sites for hydroxylation is 1. The highest BCUT2D eigenvalue weighted by Crippen LogP contribution is 2.28. The van der Waals surface area contributed by atoms with E-state index in [1.807, 2.05) is 26.0 Å². The Hall–Kier alpha value is -2.00. The van der Waals surface area contributed by atoms with Gasteiger partial charge in [0.2, 0.25) is 0 Å². The molecule has 104 valence electrons. The number of ether oxygens (including phenoxy) is 1. The maximum Gasteiger partial charge on any atom is 0.255 e. The van der Waals surface area contributed by atoms with Crippen LogP contribution in [0, 0.1) is 6.92 Å². The van der Waals surface area contributed by atoms with Crippen molar-refractivity contribution in [3.8, 4) is 5.75 Å². The van der Waals surface area contributed by atoms with Gasteiger partial charge in [-0.2, -0.15) is 0 Å². The molecule has 0 aliphatic heterocycles. The Morgan fingerprint density at radius 2 is 1.90 bits per heavy atom. The van der Waals surface area contributed by atoms with E-state index in [4.69, 9.17) is 16.3 Å². The predicted molar refractivity (Wildman–Crippen MR) is 81.8 cm³/mol. The van der Waals surface area contributed by atoms with Crippen molar-refractivity contribution in [2.75, 3.05) is 11.9 Å². The van der Waals surface area contributed by atoms with Gasteiger partial charge in [-0.05, 0) is 44.2 Å². The van der Waals surface area contributed by atoms with Crippen molar-refractivity contribution in [2.24, 2.45) is 0 Å². The van der Waals surface area contributed by atoms with Gasteiger partial charge in [-0.3, -0.25) is 4.79 Å². The molecule has 0 aliphatic rings. The summed E-state index contributed by atoms with van der Waals surface area (Å²) >= 11 is 5.96. The van der Waals surface area contributed by atoms with Crippen LogP contribution in [0.5, 0.6) is 5.75 Å². The highest BCUT2D eigenvalue weighted by atomic mass is 35.5. The summed E-state index contributed by atoms with van der Waals surface area (Å²) in [5, 5.41) is 3.37. The van der Waals surface area contributed by atoms with Gasteiger partial charge in [-0.15, -0.1) is 0 Å². The van der Waals surface area contributed by atoms with Crippen LogP contribution in [0.15, 0.2) is 42.5 Å². The Kier molecular flexibility index (Phi) is 4.64. The van der Waals surface area contributed by atoms with Gasteiger partial charge < -0.3 is 10.1 Å². The average molecular weight is 290 g/mol. The lowest BCUT2D eigenvalue weighted by molar-refractivity contribution is 0.102. The smallest absolute Gasteiger partial charge is 0.255 e. The summed E-state index contributed by atoms with van der Waals surface area (Å²) in [7, 11) is 0. The Bertz CT molecular complexity index is 608. The number of nitrogens with one attached hydrogen (secondary N) is 1. The van der Waals surface area contributed by atoms with E-state index in [1.54, 1.807) is 30.3 Å². The average Bonchev–Trinajstić information content (AvgIpc) is 2.42. The fraction of sp³-hybridized carbons (Fsp3) is 0.188. The van der Waals surface area contributed by atoms with Gasteiger partial charge in [-0.1, -0.05) is 29.3 Å². The Morgan fingerprint density at radius 1 is 1.20 bits per heavy atom.